The van der Waals surface area contributed by atoms with Crippen molar-refractivity contribution in [1.29, 1.82) is 0 Å². The molecule has 2 aromatic rings. The first kappa shape index (κ1) is 20.9. The van der Waals surface area contributed by atoms with Gasteiger partial charge in [0, 0.05) is 36.5 Å². The minimum absolute atomic E-state index is 0.0864. The maximum Gasteiger partial charge on any atom is 0.251 e. The first-order valence-electron chi connectivity index (χ1n) is 12.6. The molecule has 1 aromatic heterocycles. The van der Waals surface area contributed by atoms with Crippen LogP contribution in [0.2, 0.25) is 0 Å². The zero-order valence-electron chi connectivity index (χ0n) is 19.1. The Morgan fingerprint density at radius 3 is 2.27 bits per heavy atom. The number of carbonyl (C=O) groups is 2. The average molecular weight is 448 g/mol. The molecule has 0 atom stereocenters. The smallest absolute Gasteiger partial charge is 0.251 e. The Labute approximate surface area is 194 Å². The third-order valence-electron chi connectivity index (χ3n) is 8.41. The van der Waals surface area contributed by atoms with Crippen LogP contribution in [0.3, 0.4) is 0 Å². The number of nitrogens with one attached hydrogen (secondary N) is 2. The summed E-state index contributed by atoms with van der Waals surface area (Å²) in [6, 6.07) is 8.11. The van der Waals surface area contributed by atoms with E-state index in [0.717, 1.165) is 48.4 Å². The number of benzene rings is 1. The van der Waals surface area contributed by atoms with Gasteiger partial charge in [-0.15, -0.1) is 10.2 Å². The highest BCUT2D eigenvalue weighted by molar-refractivity contribution is 5.94. The van der Waals surface area contributed by atoms with Crippen molar-refractivity contribution >= 4 is 11.8 Å². The first-order valence-corrected chi connectivity index (χ1v) is 12.6. The quantitative estimate of drug-likeness (QED) is 0.649. The summed E-state index contributed by atoms with van der Waals surface area (Å²) in [7, 11) is 0. The number of hydrogen-bond acceptors (Lipinski definition) is 4. The van der Waals surface area contributed by atoms with Crippen molar-refractivity contribution in [2.24, 2.45) is 23.2 Å². The lowest BCUT2D eigenvalue weighted by Crippen LogP contribution is -2.53. The van der Waals surface area contributed by atoms with Gasteiger partial charge in [0.1, 0.15) is 12.2 Å². The average Bonchev–Trinajstić information content (AvgIpc) is 3.55. The molecular weight excluding hydrogens is 414 g/mol. The van der Waals surface area contributed by atoms with Gasteiger partial charge in [-0.25, -0.2) is 0 Å². The summed E-state index contributed by atoms with van der Waals surface area (Å²) < 4.78 is 2.12. The molecule has 5 saturated carbocycles. The van der Waals surface area contributed by atoms with Crippen molar-refractivity contribution in [2.45, 2.75) is 70.4 Å². The van der Waals surface area contributed by atoms with E-state index in [4.69, 9.17) is 0 Å². The molecule has 0 spiro atoms. The zero-order chi connectivity index (χ0) is 22.4. The fraction of sp³-hybridized carbons (Fsp3) is 0.615. The van der Waals surface area contributed by atoms with E-state index >= 15 is 0 Å². The maximum atomic E-state index is 13.1. The Morgan fingerprint density at radius 2 is 1.64 bits per heavy atom. The summed E-state index contributed by atoms with van der Waals surface area (Å²) in [5.41, 5.74) is 1.55. The van der Waals surface area contributed by atoms with Gasteiger partial charge in [0.05, 0.1) is 0 Å². The Balaban J connectivity index is 0.991. The molecular formula is C26H33N5O2. The molecule has 2 N–H and O–H groups in total. The summed E-state index contributed by atoms with van der Waals surface area (Å²) in [6.07, 6.45) is 12.1. The normalized spacial score (nSPS) is 29.8. The van der Waals surface area contributed by atoms with Crippen molar-refractivity contribution in [2.75, 3.05) is 6.54 Å². The Hall–Kier alpha value is -2.70. The SMILES string of the molecule is O=C(NCCc1nncn1C1CC1)c1ccc(CNC(=O)C23CC4CC(CC(C4)C2)C3)cc1. The molecule has 174 valence electrons. The molecule has 1 aromatic carbocycles. The van der Waals surface area contributed by atoms with E-state index in [0.29, 0.717) is 31.1 Å². The second-order valence-corrected chi connectivity index (χ2v) is 11.0. The molecule has 33 heavy (non-hydrogen) atoms. The number of aromatic nitrogens is 3. The van der Waals surface area contributed by atoms with Gasteiger partial charge in [-0.3, -0.25) is 9.59 Å². The topological polar surface area (TPSA) is 88.9 Å². The highest BCUT2D eigenvalue weighted by Gasteiger charge is 2.54. The number of amides is 2. The van der Waals surface area contributed by atoms with Gasteiger partial charge < -0.3 is 15.2 Å². The monoisotopic (exact) mass is 447 g/mol. The van der Waals surface area contributed by atoms with Crippen LogP contribution in [0.1, 0.15) is 79.2 Å². The van der Waals surface area contributed by atoms with Gasteiger partial charge in [-0.05, 0) is 86.8 Å². The lowest BCUT2D eigenvalue weighted by Gasteiger charge is -2.55. The number of nitrogens with zero attached hydrogens (tertiary/aromatic N) is 3. The molecule has 0 aliphatic heterocycles. The van der Waals surface area contributed by atoms with E-state index in [9.17, 15) is 9.59 Å². The Kier molecular flexibility index (Phi) is 5.23. The molecule has 1 heterocycles. The van der Waals surface area contributed by atoms with Crippen molar-refractivity contribution < 1.29 is 9.59 Å². The third-order valence-corrected chi connectivity index (χ3v) is 8.41. The van der Waals surface area contributed by atoms with Gasteiger partial charge >= 0.3 is 0 Å². The molecule has 7 rings (SSSR count). The minimum Gasteiger partial charge on any atom is -0.352 e. The van der Waals surface area contributed by atoms with Crippen LogP contribution in [0.4, 0.5) is 0 Å². The van der Waals surface area contributed by atoms with Crippen LogP contribution in [0.15, 0.2) is 30.6 Å². The summed E-state index contributed by atoms with van der Waals surface area (Å²) in [5.74, 6) is 3.40. The van der Waals surface area contributed by atoms with E-state index in [-0.39, 0.29) is 17.2 Å². The van der Waals surface area contributed by atoms with Gasteiger partial charge in [-0.1, -0.05) is 12.1 Å². The summed E-state index contributed by atoms with van der Waals surface area (Å²) in [6.45, 7) is 1.06. The fourth-order valence-corrected chi connectivity index (χ4v) is 7.03. The van der Waals surface area contributed by atoms with E-state index in [1.165, 1.54) is 32.1 Å². The van der Waals surface area contributed by atoms with Crippen molar-refractivity contribution in [1.82, 2.24) is 25.4 Å². The van der Waals surface area contributed by atoms with Crippen LogP contribution < -0.4 is 10.6 Å². The number of hydrogen-bond donors (Lipinski definition) is 2. The Morgan fingerprint density at radius 1 is 0.970 bits per heavy atom. The molecule has 0 saturated heterocycles. The zero-order valence-corrected chi connectivity index (χ0v) is 19.1. The standard InChI is InChI=1S/C26H33N5O2/c32-24(27-8-7-23-30-29-16-31(23)22-5-6-22)21-3-1-17(2-4-21)15-28-25(33)26-12-18-9-19(13-26)11-20(10-18)14-26/h1-4,16,18-20,22H,5-15H2,(H,27,32)(H,28,33). The van der Waals surface area contributed by atoms with Crippen molar-refractivity contribution in [3.05, 3.63) is 47.5 Å². The molecule has 5 fully saturated rings. The van der Waals surface area contributed by atoms with Crippen LogP contribution in [0.25, 0.3) is 0 Å². The van der Waals surface area contributed by atoms with Crippen LogP contribution in [0, 0.1) is 23.2 Å². The van der Waals surface area contributed by atoms with Gasteiger partial charge in [0.2, 0.25) is 5.91 Å². The first-order chi connectivity index (χ1) is 16.1. The van der Waals surface area contributed by atoms with Gasteiger partial charge in [0.15, 0.2) is 0 Å². The van der Waals surface area contributed by atoms with Crippen molar-refractivity contribution in [3.8, 4) is 0 Å². The van der Waals surface area contributed by atoms with Crippen LogP contribution in [0.5, 0.6) is 0 Å². The highest BCUT2D eigenvalue weighted by atomic mass is 16.2. The molecule has 5 aliphatic rings. The lowest BCUT2D eigenvalue weighted by atomic mass is 9.49. The van der Waals surface area contributed by atoms with E-state index in [1.807, 2.05) is 24.3 Å². The van der Waals surface area contributed by atoms with Gasteiger partial charge in [-0.2, -0.15) is 0 Å². The molecule has 5 aliphatic carbocycles. The largest absolute Gasteiger partial charge is 0.352 e. The van der Waals surface area contributed by atoms with Crippen LogP contribution in [-0.2, 0) is 17.8 Å². The second-order valence-electron chi connectivity index (χ2n) is 11.0. The predicted molar refractivity (Wildman–Crippen MR) is 123 cm³/mol. The molecule has 7 heteroatoms. The van der Waals surface area contributed by atoms with Gasteiger partial charge in [0.25, 0.3) is 5.91 Å². The summed E-state index contributed by atoms with van der Waals surface area (Å²) >= 11 is 0. The Bertz CT molecular complexity index is 1000. The predicted octanol–water partition coefficient (Wildman–Crippen LogP) is 3.42. The molecule has 0 unspecified atom stereocenters. The van der Waals surface area contributed by atoms with E-state index in [2.05, 4.69) is 25.4 Å². The van der Waals surface area contributed by atoms with E-state index in [1.54, 1.807) is 6.33 Å². The molecule has 2 amide bonds. The third kappa shape index (κ3) is 4.18. The lowest BCUT2D eigenvalue weighted by molar-refractivity contribution is -0.146. The molecule has 7 nitrogen and oxygen atoms in total. The highest BCUT2D eigenvalue weighted by Crippen LogP contribution is 2.60. The van der Waals surface area contributed by atoms with E-state index < -0.39 is 0 Å². The second kappa shape index (κ2) is 8.26. The summed E-state index contributed by atoms with van der Waals surface area (Å²) in [4.78, 5) is 25.7. The fourth-order valence-electron chi connectivity index (χ4n) is 7.03. The number of carbonyl (C=O) groups excluding carboxylic acids is 2. The minimum atomic E-state index is -0.113. The van der Waals surface area contributed by atoms with Crippen LogP contribution >= 0.6 is 0 Å². The van der Waals surface area contributed by atoms with Crippen molar-refractivity contribution in [3.63, 3.8) is 0 Å². The summed E-state index contributed by atoms with van der Waals surface area (Å²) in [5, 5.41) is 14.4. The van der Waals surface area contributed by atoms with Crippen LogP contribution in [-0.4, -0.2) is 33.1 Å². The maximum absolute atomic E-state index is 13.1. The molecule has 4 bridgehead atoms. The molecule has 0 radical (unpaired) electrons. The number of rotatable bonds is 8.